The molecule has 1 aliphatic heterocycles. The first-order valence-corrected chi connectivity index (χ1v) is 8.97. The second-order valence-electron chi connectivity index (χ2n) is 5.79. The van der Waals surface area contributed by atoms with Crippen molar-refractivity contribution in [1.82, 2.24) is 10.2 Å². The van der Waals surface area contributed by atoms with E-state index in [-0.39, 0.29) is 11.2 Å². The van der Waals surface area contributed by atoms with Crippen LogP contribution in [0.3, 0.4) is 0 Å². The number of benzene rings is 2. The molecule has 25 heavy (non-hydrogen) atoms. The van der Waals surface area contributed by atoms with Crippen molar-refractivity contribution in [1.29, 1.82) is 0 Å². The van der Waals surface area contributed by atoms with E-state index in [9.17, 15) is 4.79 Å². The van der Waals surface area contributed by atoms with Crippen molar-refractivity contribution in [2.24, 2.45) is 0 Å². The Morgan fingerprint density at radius 2 is 1.96 bits per heavy atom. The van der Waals surface area contributed by atoms with Crippen LogP contribution in [0.4, 0.5) is 5.69 Å². The van der Waals surface area contributed by atoms with Gasteiger partial charge in [-0.15, -0.1) is 5.10 Å². The van der Waals surface area contributed by atoms with E-state index in [0.717, 1.165) is 27.9 Å². The second-order valence-corrected chi connectivity index (χ2v) is 6.99. The topological polar surface area (TPSA) is 55.3 Å². The molecule has 6 heteroatoms. The minimum absolute atomic E-state index is 0.0873. The highest BCUT2D eigenvalue weighted by Crippen LogP contribution is 2.37. The van der Waals surface area contributed by atoms with Gasteiger partial charge in [0.05, 0.1) is 24.2 Å². The largest absolute Gasteiger partial charge is 0.495 e. The van der Waals surface area contributed by atoms with Crippen LogP contribution < -0.4 is 9.64 Å². The number of thioether (sulfide) groups is 1. The minimum atomic E-state index is -0.162. The van der Waals surface area contributed by atoms with Crippen molar-refractivity contribution in [3.63, 3.8) is 0 Å². The summed E-state index contributed by atoms with van der Waals surface area (Å²) in [5.41, 5.74) is 0.821. The zero-order valence-corrected chi connectivity index (χ0v) is 14.6. The SMILES string of the molecule is COc1ccccc1N1CC[C@@H](Sc2nncc3ccccc23)C1=O. The van der Waals surface area contributed by atoms with E-state index < -0.39 is 0 Å². The molecule has 0 saturated carbocycles. The Kier molecular flexibility index (Phi) is 4.28. The van der Waals surface area contributed by atoms with Crippen LogP contribution in [0.5, 0.6) is 5.75 Å². The minimum Gasteiger partial charge on any atom is -0.495 e. The van der Waals surface area contributed by atoms with E-state index in [1.807, 2.05) is 48.5 Å². The van der Waals surface area contributed by atoms with Crippen molar-refractivity contribution in [2.75, 3.05) is 18.6 Å². The molecule has 0 aliphatic carbocycles. The molecule has 4 rings (SSSR count). The lowest BCUT2D eigenvalue weighted by Crippen LogP contribution is -2.28. The van der Waals surface area contributed by atoms with Crippen LogP contribution in [-0.2, 0) is 4.79 Å². The summed E-state index contributed by atoms with van der Waals surface area (Å²) < 4.78 is 5.39. The average molecular weight is 351 g/mol. The van der Waals surface area contributed by atoms with E-state index in [1.165, 1.54) is 11.8 Å². The fraction of sp³-hybridized carbons (Fsp3) is 0.211. The third-order valence-corrected chi connectivity index (χ3v) is 5.57. The molecule has 2 aromatic carbocycles. The molecule has 1 saturated heterocycles. The summed E-state index contributed by atoms with van der Waals surface area (Å²) in [5, 5.41) is 11.0. The number of hydrogen-bond acceptors (Lipinski definition) is 5. The van der Waals surface area contributed by atoms with Crippen LogP contribution in [0.1, 0.15) is 6.42 Å². The van der Waals surface area contributed by atoms with Crippen molar-refractivity contribution in [2.45, 2.75) is 16.7 Å². The van der Waals surface area contributed by atoms with Gasteiger partial charge in [0.15, 0.2) is 0 Å². The number of fused-ring (bicyclic) bond motifs is 1. The molecule has 0 N–H and O–H groups in total. The Balaban J connectivity index is 1.60. The molecule has 1 aliphatic rings. The van der Waals surface area contributed by atoms with Crippen molar-refractivity contribution < 1.29 is 9.53 Å². The van der Waals surface area contributed by atoms with Crippen molar-refractivity contribution in [3.8, 4) is 5.75 Å². The van der Waals surface area contributed by atoms with Crippen LogP contribution in [0, 0.1) is 0 Å². The summed E-state index contributed by atoms with van der Waals surface area (Å²) in [6, 6.07) is 15.6. The van der Waals surface area contributed by atoms with Gasteiger partial charge in [0.1, 0.15) is 10.8 Å². The van der Waals surface area contributed by atoms with Gasteiger partial charge in [0.2, 0.25) is 5.91 Å². The number of amides is 1. The summed E-state index contributed by atoms with van der Waals surface area (Å²) in [6.45, 7) is 0.676. The van der Waals surface area contributed by atoms with Gasteiger partial charge in [0, 0.05) is 17.3 Å². The molecule has 1 aromatic heterocycles. The summed E-state index contributed by atoms with van der Waals surface area (Å²) in [5.74, 6) is 0.802. The first-order valence-electron chi connectivity index (χ1n) is 8.09. The van der Waals surface area contributed by atoms with Crippen LogP contribution in [0.2, 0.25) is 0 Å². The van der Waals surface area contributed by atoms with Gasteiger partial charge in [-0.1, -0.05) is 48.2 Å². The number of anilines is 1. The first kappa shape index (κ1) is 15.9. The molecule has 126 valence electrons. The summed E-state index contributed by atoms with van der Waals surface area (Å²) in [6.07, 6.45) is 2.52. The van der Waals surface area contributed by atoms with Crippen molar-refractivity contribution >= 4 is 34.1 Å². The Morgan fingerprint density at radius 3 is 2.84 bits per heavy atom. The number of carbonyl (C=O) groups is 1. The van der Waals surface area contributed by atoms with E-state index in [0.29, 0.717) is 12.3 Å². The molecule has 0 radical (unpaired) electrons. The maximum absolute atomic E-state index is 12.9. The molecule has 1 amide bonds. The lowest BCUT2D eigenvalue weighted by Gasteiger charge is -2.19. The molecule has 2 heterocycles. The number of carbonyl (C=O) groups excluding carboxylic acids is 1. The van der Waals surface area contributed by atoms with Gasteiger partial charge in [0.25, 0.3) is 0 Å². The number of hydrogen-bond donors (Lipinski definition) is 0. The predicted molar refractivity (Wildman–Crippen MR) is 99.1 cm³/mol. The van der Waals surface area contributed by atoms with Crippen LogP contribution >= 0.6 is 11.8 Å². The Morgan fingerprint density at radius 1 is 1.16 bits per heavy atom. The predicted octanol–water partition coefficient (Wildman–Crippen LogP) is 3.54. The zero-order valence-electron chi connectivity index (χ0n) is 13.8. The zero-order chi connectivity index (χ0) is 17.2. The van der Waals surface area contributed by atoms with Gasteiger partial charge >= 0.3 is 0 Å². The average Bonchev–Trinajstić information content (AvgIpc) is 3.02. The molecule has 0 unspecified atom stereocenters. The van der Waals surface area contributed by atoms with Gasteiger partial charge in [-0.3, -0.25) is 4.79 Å². The number of nitrogens with zero attached hydrogens (tertiary/aromatic N) is 3. The summed E-state index contributed by atoms with van der Waals surface area (Å²) in [7, 11) is 1.62. The third-order valence-electron chi connectivity index (χ3n) is 4.32. The molecule has 0 spiro atoms. The van der Waals surface area contributed by atoms with Gasteiger partial charge in [-0.2, -0.15) is 5.10 Å². The summed E-state index contributed by atoms with van der Waals surface area (Å²) in [4.78, 5) is 14.7. The van der Waals surface area contributed by atoms with Gasteiger partial charge in [-0.05, 0) is 18.6 Å². The van der Waals surface area contributed by atoms with Gasteiger partial charge in [-0.25, -0.2) is 0 Å². The maximum atomic E-state index is 12.9. The monoisotopic (exact) mass is 351 g/mol. The van der Waals surface area contributed by atoms with Crippen molar-refractivity contribution in [3.05, 3.63) is 54.7 Å². The fourth-order valence-corrected chi connectivity index (χ4v) is 4.21. The van der Waals surface area contributed by atoms with Gasteiger partial charge < -0.3 is 9.64 Å². The quantitative estimate of drug-likeness (QED) is 0.720. The highest BCUT2D eigenvalue weighted by Gasteiger charge is 2.35. The molecule has 1 fully saturated rings. The fourth-order valence-electron chi connectivity index (χ4n) is 3.08. The number of para-hydroxylation sites is 2. The number of ether oxygens (including phenoxy) is 1. The molecular formula is C19H17N3O2S. The molecule has 0 bridgehead atoms. The Labute approximate surface area is 150 Å². The van der Waals surface area contributed by atoms with E-state index in [1.54, 1.807) is 18.2 Å². The highest BCUT2D eigenvalue weighted by atomic mass is 32.2. The smallest absolute Gasteiger partial charge is 0.240 e. The van der Waals surface area contributed by atoms with E-state index in [2.05, 4.69) is 10.2 Å². The first-order chi connectivity index (χ1) is 12.3. The second kappa shape index (κ2) is 6.72. The van der Waals surface area contributed by atoms with Crippen LogP contribution in [0.15, 0.2) is 59.8 Å². The molecule has 1 atom stereocenters. The number of rotatable bonds is 4. The standard InChI is InChI=1S/C19H17N3O2S/c1-24-16-9-5-4-8-15(16)22-11-10-17(19(22)23)25-18-14-7-3-2-6-13(14)12-20-21-18/h2-9,12,17H,10-11H2,1H3/t17-/m1/s1. The summed E-state index contributed by atoms with van der Waals surface area (Å²) >= 11 is 1.50. The normalized spacial score (nSPS) is 17.2. The molecule has 5 nitrogen and oxygen atoms in total. The van der Waals surface area contributed by atoms with E-state index in [4.69, 9.17) is 4.74 Å². The highest BCUT2D eigenvalue weighted by molar-refractivity contribution is 8.00. The van der Waals surface area contributed by atoms with E-state index >= 15 is 0 Å². The maximum Gasteiger partial charge on any atom is 0.240 e. The molecule has 3 aromatic rings. The van der Waals surface area contributed by atoms with Crippen LogP contribution in [0.25, 0.3) is 10.8 Å². The number of methoxy groups -OCH3 is 1. The molecular weight excluding hydrogens is 334 g/mol. The third kappa shape index (κ3) is 2.93. The lowest BCUT2D eigenvalue weighted by molar-refractivity contribution is -0.116. The number of aromatic nitrogens is 2. The Bertz CT molecular complexity index is 926. The lowest BCUT2D eigenvalue weighted by atomic mass is 10.2. The Hall–Kier alpha value is -2.60. The van der Waals surface area contributed by atoms with Crippen LogP contribution in [-0.4, -0.2) is 35.0 Å².